The molecule has 0 bridgehead atoms. The molecule has 0 radical (unpaired) electrons. The van der Waals surface area contributed by atoms with Gasteiger partial charge >= 0.3 is 0 Å². The lowest BCUT2D eigenvalue weighted by Crippen LogP contribution is -2.48. The van der Waals surface area contributed by atoms with Crippen LogP contribution in [0.1, 0.15) is 15.9 Å². The van der Waals surface area contributed by atoms with Gasteiger partial charge in [-0.05, 0) is 48.0 Å². The smallest absolute Gasteiger partial charge is 0.291 e. The summed E-state index contributed by atoms with van der Waals surface area (Å²) in [6.45, 7) is 2.75. The molecule has 2 aliphatic heterocycles. The number of nitrogens with zero attached hydrogens (tertiary/aromatic N) is 2. The molecule has 0 aliphatic carbocycles. The van der Waals surface area contributed by atoms with Gasteiger partial charge in [-0.2, -0.15) is 0 Å². The lowest BCUT2D eigenvalue weighted by Gasteiger charge is -2.36. The highest BCUT2D eigenvalue weighted by Crippen LogP contribution is 2.31. The van der Waals surface area contributed by atoms with Crippen molar-refractivity contribution in [2.75, 3.05) is 43.5 Å². The minimum atomic E-state index is -0.299. The van der Waals surface area contributed by atoms with Crippen molar-refractivity contribution in [2.45, 2.75) is 0 Å². The summed E-state index contributed by atoms with van der Waals surface area (Å²) in [5.41, 5.74) is 3.09. The van der Waals surface area contributed by atoms with Crippen molar-refractivity contribution in [3.63, 3.8) is 0 Å². The molecule has 1 N–H and O–H groups in total. The number of hydrogen-bond acceptors (Lipinski definition) is 5. The van der Waals surface area contributed by atoms with E-state index < -0.39 is 0 Å². The molecule has 1 fully saturated rings. The summed E-state index contributed by atoms with van der Waals surface area (Å²) in [6.07, 6.45) is 1.67. The van der Waals surface area contributed by atoms with Gasteiger partial charge in [0.25, 0.3) is 11.8 Å². The van der Waals surface area contributed by atoms with Crippen LogP contribution in [0, 0.1) is 0 Å². The van der Waals surface area contributed by atoms with E-state index in [9.17, 15) is 9.59 Å². The number of carbonyl (C=O) groups is 2. The minimum Gasteiger partial charge on any atom is -0.495 e. The number of ether oxygens (including phenoxy) is 2. The minimum absolute atomic E-state index is 0.000494. The molecule has 2 heterocycles. The monoisotopic (exact) mass is 455 g/mol. The molecule has 7 nitrogen and oxygen atoms in total. The third-order valence-electron chi connectivity index (χ3n) is 6.03. The van der Waals surface area contributed by atoms with Crippen LogP contribution < -0.4 is 19.7 Å². The van der Waals surface area contributed by atoms with Crippen molar-refractivity contribution < 1.29 is 19.1 Å². The number of piperazine rings is 1. The predicted molar refractivity (Wildman–Crippen MR) is 131 cm³/mol. The van der Waals surface area contributed by atoms with Crippen LogP contribution in [0.5, 0.6) is 11.5 Å². The zero-order valence-electron chi connectivity index (χ0n) is 18.9. The summed E-state index contributed by atoms with van der Waals surface area (Å²) in [7, 11) is 1.67. The highest BCUT2D eigenvalue weighted by atomic mass is 16.5. The molecule has 0 spiro atoms. The molecule has 5 rings (SSSR count). The van der Waals surface area contributed by atoms with E-state index in [1.54, 1.807) is 37.5 Å². The second kappa shape index (κ2) is 9.31. The zero-order chi connectivity index (χ0) is 23.5. The average Bonchev–Trinajstić information content (AvgIpc) is 2.89. The lowest BCUT2D eigenvalue weighted by molar-refractivity contribution is -0.115. The van der Waals surface area contributed by atoms with Crippen LogP contribution in [0.15, 0.2) is 78.6 Å². The van der Waals surface area contributed by atoms with Crippen LogP contribution >= 0.6 is 0 Å². The van der Waals surface area contributed by atoms with Gasteiger partial charge in [-0.25, -0.2) is 0 Å². The number of para-hydroxylation sites is 4. The number of carbonyl (C=O) groups excluding carboxylic acids is 2. The maximum atomic E-state index is 13.0. The number of hydrogen-bond donors (Lipinski definition) is 1. The molecule has 0 atom stereocenters. The molecule has 172 valence electrons. The Labute approximate surface area is 198 Å². The molecule has 3 aromatic rings. The maximum absolute atomic E-state index is 13.0. The molecule has 2 aliphatic rings. The Morgan fingerprint density at radius 3 is 2.41 bits per heavy atom. The molecular formula is C27H25N3O4. The Kier molecular flexibility index (Phi) is 5.91. The number of amides is 2. The summed E-state index contributed by atoms with van der Waals surface area (Å²) in [6, 6.07) is 22.4. The first-order chi connectivity index (χ1) is 16.6. The average molecular weight is 456 g/mol. The number of nitrogens with one attached hydrogen (secondary N) is 1. The van der Waals surface area contributed by atoms with Crippen molar-refractivity contribution in [3.8, 4) is 11.5 Å². The molecule has 34 heavy (non-hydrogen) atoms. The van der Waals surface area contributed by atoms with Crippen molar-refractivity contribution in [2.24, 2.45) is 0 Å². The van der Waals surface area contributed by atoms with Crippen LogP contribution in [-0.4, -0.2) is 50.0 Å². The summed E-state index contributed by atoms with van der Waals surface area (Å²) >= 11 is 0. The van der Waals surface area contributed by atoms with E-state index in [1.807, 2.05) is 53.4 Å². The zero-order valence-corrected chi connectivity index (χ0v) is 18.9. The van der Waals surface area contributed by atoms with Gasteiger partial charge in [0.05, 0.1) is 18.5 Å². The van der Waals surface area contributed by atoms with E-state index in [2.05, 4.69) is 10.2 Å². The second-order valence-electron chi connectivity index (χ2n) is 8.13. The molecule has 3 aromatic carbocycles. The fourth-order valence-electron chi connectivity index (χ4n) is 4.20. The van der Waals surface area contributed by atoms with Gasteiger partial charge in [0.2, 0.25) is 0 Å². The third-order valence-corrected chi connectivity index (χ3v) is 6.03. The van der Waals surface area contributed by atoms with E-state index in [1.165, 1.54) is 0 Å². The van der Waals surface area contributed by atoms with Crippen molar-refractivity contribution in [1.29, 1.82) is 0 Å². The largest absolute Gasteiger partial charge is 0.495 e. The fourth-order valence-corrected chi connectivity index (χ4v) is 4.20. The van der Waals surface area contributed by atoms with Gasteiger partial charge in [0.15, 0.2) is 11.5 Å². The summed E-state index contributed by atoms with van der Waals surface area (Å²) < 4.78 is 11.2. The van der Waals surface area contributed by atoms with Gasteiger partial charge < -0.3 is 24.6 Å². The van der Waals surface area contributed by atoms with Gasteiger partial charge in [-0.3, -0.25) is 9.59 Å². The molecule has 0 aromatic heterocycles. The summed E-state index contributed by atoms with van der Waals surface area (Å²) in [5, 5.41) is 2.82. The third kappa shape index (κ3) is 4.32. The van der Waals surface area contributed by atoms with Crippen LogP contribution in [-0.2, 0) is 4.79 Å². The van der Waals surface area contributed by atoms with Crippen molar-refractivity contribution >= 4 is 29.3 Å². The highest BCUT2D eigenvalue weighted by molar-refractivity contribution is 6.08. The molecule has 2 amide bonds. The first-order valence-corrected chi connectivity index (χ1v) is 11.2. The summed E-state index contributed by atoms with van der Waals surface area (Å²) in [5.74, 6) is 1.36. The van der Waals surface area contributed by atoms with Gasteiger partial charge in [-0.15, -0.1) is 0 Å². The number of rotatable bonds is 4. The molecular weight excluding hydrogens is 430 g/mol. The maximum Gasteiger partial charge on any atom is 0.291 e. The van der Waals surface area contributed by atoms with Gasteiger partial charge in [0.1, 0.15) is 5.75 Å². The van der Waals surface area contributed by atoms with E-state index in [4.69, 9.17) is 9.47 Å². The van der Waals surface area contributed by atoms with Crippen LogP contribution in [0.3, 0.4) is 0 Å². The number of fused-ring (bicyclic) bond motifs is 1. The normalized spacial score (nSPS) is 16.5. The molecule has 1 saturated heterocycles. The number of methoxy groups -OCH3 is 1. The summed E-state index contributed by atoms with van der Waals surface area (Å²) in [4.78, 5) is 29.5. The van der Waals surface area contributed by atoms with Gasteiger partial charge in [-0.1, -0.05) is 36.4 Å². The first kappa shape index (κ1) is 21.6. The topological polar surface area (TPSA) is 71.1 Å². The quantitative estimate of drug-likeness (QED) is 0.602. The lowest BCUT2D eigenvalue weighted by atomic mass is 10.1. The van der Waals surface area contributed by atoms with Crippen LogP contribution in [0.2, 0.25) is 0 Å². The highest BCUT2D eigenvalue weighted by Gasteiger charge is 2.24. The number of benzene rings is 3. The Morgan fingerprint density at radius 2 is 1.65 bits per heavy atom. The van der Waals surface area contributed by atoms with E-state index >= 15 is 0 Å². The standard InChI is InChI=1S/C27H25N3O4/c1-33-24-9-5-3-7-22(24)29-14-16-30(17-15-29)27(32)20-12-10-19(11-13-20)18-25-26(31)28-21-6-2-4-8-23(21)34-25/h2-13,18H,14-17H2,1H3,(H,28,31). The second-order valence-corrected chi connectivity index (χ2v) is 8.13. The molecule has 0 unspecified atom stereocenters. The van der Waals surface area contributed by atoms with Crippen LogP contribution in [0.25, 0.3) is 6.08 Å². The Morgan fingerprint density at radius 1 is 0.941 bits per heavy atom. The van der Waals surface area contributed by atoms with E-state index in [0.717, 1.165) is 30.1 Å². The van der Waals surface area contributed by atoms with Gasteiger partial charge in [0, 0.05) is 31.7 Å². The van der Waals surface area contributed by atoms with Crippen molar-refractivity contribution in [3.05, 3.63) is 89.7 Å². The first-order valence-electron chi connectivity index (χ1n) is 11.2. The van der Waals surface area contributed by atoms with E-state index in [0.29, 0.717) is 30.1 Å². The Hall–Kier alpha value is -4.26. The van der Waals surface area contributed by atoms with Crippen molar-refractivity contribution in [1.82, 2.24) is 4.90 Å². The number of anilines is 2. The molecule has 7 heteroatoms. The predicted octanol–water partition coefficient (Wildman–Crippen LogP) is 4.03. The molecule has 0 saturated carbocycles. The Balaban J connectivity index is 1.23. The van der Waals surface area contributed by atoms with Crippen LogP contribution in [0.4, 0.5) is 11.4 Å². The SMILES string of the molecule is COc1ccccc1N1CCN(C(=O)c2ccc(C=C3Oc4ccccc4NC3=O)cc2)CC1. The van der Waals surface area contributed by atoms with E-state index in [-0.39, 0.29) is 17.6 Å². The Bertz CT molecular complexity index is 1240. The fraction of sp³-hybridized carbons (Fsp3) is 0.185.